The van der Waals surface area contributed by atoms with Crippen LogP contribution >= 0.6 is 7.82 Å². The van der Waals surface area contributed by atoms with Crippen LogP contribution in [-0.4, -0.2) is 64.9 Å². The van der Waals surface area contributed by atoms with Crippen LogP contribution in [0.25, 0.3) is 0 Å². The third kappa shape index (κ3) is 39.7. The van der Waals surface area contributed by atoms with Gasteiger partial charge in [-0.25, -0.2) is 9.36 Å². The van der Waals surface area contributed by atoms with Gasteiger partial charge in [-0.1, -0.05) is 145 Å². The molecule has 0 spiro atoms. The Hall–Kier alpha value is -3.08. The van der Waals surface area contributed by atoms with E-state index >= 15 is 0 Å². The van der Waals surface area contributed by atoms with Crippen LogP contribution in [0.4, 0.5) is 0 Å². The average molecular weight is 836 g/mol. The van der Waals surface area contributed by atoms with Gasteiger partial charge in [-0.2, -0.15) is 0 Å². The molecular formula is C46H78NO10P. The Labute approximate surface area is 350 Å². The van der Waals surface area contributed by atoms with Crippen molar-refractivity contribution < 1.29 is 47.8 Å². The quantitative estimate of drug-likeness (QED) is 0.0202. The Balaban J connectivity index is 3.96. The Bertz CT molecular complexity index is 1260. The number of rotatable bonds is 40. The van der Waals surface area contributed by atoms with E-state index in [1.54, 1.807) is 0 Å². The highest BCUT2D eigenvalue weighted by Gasteiger charge is 2.28. The minimum absolute atomic E-state index is 0.134. The highest BCUT2D eigenvalue weighted by molar-refractivity contribution is 7.47. The minimum Gasteiger partial charge on any atom is -0.480 e. The molecule has 0 aromatic heterocycles. The standard InChI is InChI=1S/C46H78NO10P/c1-3-5-7-9-11-13-15-17-19-20-21-22-24-25-27-29-31-33-35-37-44(49)47-43(46(51)52)41-57-58(53,54)56-40-42(48)39-55-45(50)38-36-34-32-30-28-26-23-18-16-14-12-10-8-6-4-2/h6,8,11-14,17-19,23,28,30,42-43,48H,3-5,7,9-10,15-16,20-22,24-27,29,31-41H2,1-2H3,(H,47,49)(H,51,52)(H,53,54)/b8-6-,13-11-,14-12-,19-17-,23-18-,30-28-. The summed E-state index contributed by atoms with van der Waals surface area (Å²) >= 11 is 0. The van der Waals surface area contributed by atoms with Crippen LogP contribution in [0.2, 0.25) is 0 Å². The molecule has 0 aliphatic carbocycles. The van der Waals surface area contributed by atoms with E-state index in [-0.39, 0.29) is 12.8 Å². The first-order chi connectivity index (χ1) is 28.1. The molecule has 0 aromatic rings. The summed E-state index contributed by atoms with van der Waals surface area (Å²) < 4.78 is 26.8. The van der Waals surface area contributed by atoms with Crippen molar-refractivity contribution in [3.8, 4) is 0 Å². The fourth-order valence-corrected chi connectivity index (χ4v) is 6.34. The van der Waals surface area contributed by atoms with E-state index in [1.807, 2.05) is 0 Å². The molecule has 3 unspecified atom stereocenters. The number of aliphatic carboxylic acids is 1. The van der Waals surface area contributed by atoms with Gasteiger partial charge in [0, 0.05) is 12.8 Å². The molecule has 0 bridgehead atoms. The lowest BCUT2D eigenvalue weighted by atomic mass is 10.1. The van der Waals surface area contributed by atoms with Crippen LogP contribution in [0.5, 0.6) is 0 Å². The van der Waals surface area contributed by atoms with Crippen molar-refractivity contribution in [3.63, 3.8) is 0 Å². The Morgan fingerprint density at radius 2 is 1.00 bits per heavy atom. The highest BCUT2D eigenvalue weighted by Crippen LogP contribution is 2.43. The molecule has 0 fully saturated rings. The van der Waals surface area contributed by atoms with Crippen molar-refractivity contribution in [2.45, 2.75) is 180 Å². The van der Waals surface area contributed by atoms with Gasteiger partial charge >= 0.3 is 19.8 Å². The number of amides is 1. The number of carbonyl (C=O) groups excluding carboxylic acids is 2. The van der Waals surface area contributed by atoms with Crippen LogP contribution in [0.1, 0.15) is 168 Å². The molecule has 0 heterocycles. The number of aliphatic hydroxyl groups is 1. The number of hydrogen-bond acceptors (Lipinski definition) is 8. The molecule has 1 amide bonds. The van der Waals surface area contributed by atoms with Gasteiger partial charge in [-0.15, -0.1) is 0 Å². The van der Waals surface area contributed by atoms with Gasteiger partial charge in [-0.3, -0.25) is 18.6 Å². The first-order valence-corrected chi connectivity index (χ1v) is 23.5. The van der Waals surface area contributed by atoms with Gasteiger partial charge in [0.05, 0.1) is 13.2 Å². The first-order valence-electron chi connectivity index (χ1n) is 22.0. The second-order valence-electron chi connectivity index (χ2n) is 14.5. The van der Waals surface area contributed by atoms with E-state index in [1.165, 1.54) is 51.4 Å². The van der Waals surface area contributed by atoms with Crippen LogP contribution in [-0.2, 0) is 32.7 Å². The number of carbonyl (C=O) groups is 3. The number of aliphatic hydroxyl groups excluding tert-OH is 1. The van der Waals surface area contributed by atoms with Crippen molar-refractivity contribution in [1.29, 1.82) is 0 Å². The first kappa shape index (κ1) is 54.9. The van der Waals surface area contributed by atoms with Gasteiger partial charge in [0.25, 0.3) is 0 Å². The van der Waals surface area contributed by atoms with Crippen molar-refractivity contribution in [2.24, 2.45) is 0 Å². The number of unbranched alkanes of at least 4 members (excludes halogenated alkanes) is 14. The number of ether oxygens (including phenoxy) is 1. The summed E-state index contributed by atoms with van der Waals surface area (Å²) in [6, 6.07) is -1.56. The van der Waals surface area contributed by atoms with E-state index < -0.39 is 57.6 Å². The van der Waals surface area contributed by atoms with Gasteiger partial charge < -0.3 is 25.2 Å². The molecular weight excluding hydrogens is 757 g/mol. The second kappa shape index (κ2) is 40.7. The molecule has 0 aliphatic rings. The molecule has 0 rings (SSSR count). The largest absolute Gasteiger partial charge is 0.480 e. The van der Waals surface area contributed by atoms with E-state index in [9.17, 15) is 34.1 Å². The van der Waals surface area contributed by atoms with E-state index in [4.69, 9.17) is 13.8 Å². The summed E-state index contributed by atoms with van der Waals surface area (Å²) in [5, 5.41) is 21.8. The second-order valence-corrected chi connectivity index (χ2v) is 16.0. The fraction of sp³-hybridized carbons (Fsp3) is 0.674. The van der Waals surface area contributed by atoms with Crippen molar-refractivity contribution in [2.75, 3.05) is 19.8 Å². The van der Waals surface area contributed by atoms with Gasteiger partial charge in [0.1, 0.15) is 12.7 Å². The summed E-state index contributed by atoms with van der Waals surface area (Å²) in [4.78, 5) is 45.9. The molecule has 0 aliphatic heterocycles. The van der Waals surface area contributed by atoms with Crippen molar-refractivity contribution in [3.05, 3.63) is 72.9 Å². The Kier molecular flexibility index (Phi) is 38.5. The lowest BCUT2D eigenvalue weighted by Crippen LogP contribution is -2.43. The van der Waals surface area contributed by atoms with E-state index in [2.05, 4.69) is 92.1 Å². The molecule has 4 N–H and O–H groups in total. The van der Waals surface area contributed by atoms with Crippen molar-refractivity contribution in [1.82, 2.24) is 5.32 Å². The maximum Gasteiger partial charge on any atom is 0.472 e. The number of esters is 1. The van der Waals surface area contributed by atoms with Gasteiger partial charge in [0.2, 0.25) is 5.91 Å². The third-order valence-corrected chi connectivity index (χ3v) is 9.93. The number of carboxylic acids is 1. The number of phosphoric acid groups is 1. The molecule has 12 heteroatoms. The topological polar surface area (TPSA) is 169 Å². The SMILES string of the molecule is CC/C=C\C/C=C\C/C=C\C/C=C\CCCCC(=O)OCC(O)COP(=O)(O)OCC(NC(=O)CCCCCCCCCCC/C=C\C/C=C\CCCCC)C(=O)O. The van der Waals surface area contributed by atoms with Gasteiger partial charge in [-0.05, 0) is 83.5 Å². The zero-order valence-corrected chi connectivity index (χ0v) is 36.7. The summed E-state index contributed by atoms with van der Waals surface area (Å²) in [5.74, 6) is -2.43. The maximum atomic E-state index is 12.3. The molecule has 0 saturated carbocycles. The molecule has 58 heavy (non-hydrogen) atoms. The Morgan fingerprint density at radius 1 is 0.569 bits per heavy atom. The van der Waals surface area contributed by atoms with Crippen molar-refractivity contribution >= 4 is 25.7 Å². The third-order valence-electron chi connectivity index (χ3n) is 8.98. The average Bonchev–Trinajstić information content (AvgIpc) is 3.20. The van der Waals surface area contributed by atoms with Crippen LogP contribution in [0, 0.1) is 0 Å². The molecule has 0 radical (unpaired) electrons. The Morgan fingerprint density at radius 3 is 1.52 bits per heavy atom. The maximum absolute atomic E-state index is 12.3. The molecule has 11 nitrogen and oxygen atoms in total. The number of phosphoric ester groups is 1. The monoisotopic (exact) mass is 836 g/mol. The van der Waals surface area contributed by atoms with Crippen LogP contribution < -0.4 is 5.32 Å². The predicted molar refractivity (Wildman–Crippen MR) is 235 cm³/mol. The zero-order chi connectivity index (χ0) is 42.8. The summed E-state index contributed by atoms with van der Waals surface area (Å²) in [6.45, 7) is 2.40. The lowest BCUT2D eigenvalue weighted by Gasteiger charge is -2.18. The lowest BCUT2D eigenvalue weighted by molar-refractivity contribution is -0.147. The molecule has 0 saturated heterocycles. The summed E-state index contributed by atoms with van der Waals surface area (Å²) in [7, 11) is -4.77. The van der Waals surface area contributed by atoms with Gasteiger partial charge in [0.15, 0.2) is 6.04 Å². The molecule has 3 atom stereocenters. The normalized spacial score (nSPS) is 14.4. The predicted octanol–water partition coefficient (Wildman–Crippen LogP) is 11.3. The molecule has 0 aromatic carbocycles. The number of allylic oxidation sites excluding steroid dienone is 12. The minimum atomic E-state index is -4.77. The fourth-order valence-electron chi connectivity index (χ4n) is 5.57. The molecule has 332 valence electrons. The number of nitrogens with one attached hydrogen (secondary N) is 1. The zero-order valence-electron chi connectivity index (χ0n) is 35.8. The van der Waals surface area contributed by atoms with Crippen LogP contribution in [0.3, 0.4) is 0 Å². The summed E-state index contributed by atoms with van der Waals surface area (Å²) in [5.41, 5.74) is 0. The number of carboxylic acid groups (broad SMARTS) is 1. The smallest absolute Gasteiger partial charge is 0.472 e. The number of hydrogen-bond donors (Lipinski definition) is 4. The van der Waals surface area contributed by atoms with E-state index in [0.717, 1.165) is 77.0 Å². The summed E-state index contributed by atoms with van der Waals surface area (Å²) in [6.07, 6.45) is 47.8. The van der Waals surface area contributed by atoms with Crippen LogP contribution in [0.15, 0.2) is 72.9 Å². The van der Waals surface area contributed by atoms with E-state index in [0.29, 0.717) is 12.8 Å². The highest BCUT2D eigenvalue weighted by atomic mass is 31.2.